The third-order valence-corrected chi connectivity index (χ3v) is 2.78. The van der Waals surface area contributed by atoms with Gasteiger partial charge >= 0.3 is 5.97 Å². The third kappa shape index (κ3) is 2.51. The molecule has 0 bridgehead atoms. The Morgan fingerprint density at radius 2 is 2.22 bits per heavy atom. The van der Waals surface area contributed by atoms with Gasteiger partial charge in [-0.25, -0.2) is 4.98 Å². The van der Waals surface area contributed by atoms with E-state index in [9.17, 15) is 4.79 Å². The Bertz CT molecular complexity index is 575. The number of nitrogens with two attached hydrogens (primary N) is 1. The fourth-order valence-electron chi connectivity index (χ4n) is 1.90. The van der Waals surface area contributed by atoms with Crippen LogP contribution in [-0.4, -0.2) is 21.0 Å². The standard InChI is InChI=1S/C13H17N3O2/c1-7(2)5-11-15-9-4-3-8(6-10(9)16-11)12(14)13(17)18/h3-4,6-7,12H,5,14H2,1-2H3,(H,15,16)(H,17,18). The highest BCUT2D eigenvalue weighted by molar-refractivity contribution is 5.80. The Balaban J connectivity index is 2.36. The summed E-state index contributed by atoms with van der Waals surface area (Å²) in [5.41, 5.74) is 7.83. The number of nitrogens with zero attached hydrogens (tertiary/aromatic N) is 1. The van der Waals surface area contributed by atoms with Crippen molar-refractivity contribution in [1.29, 1.82) is 0 Å². The highest BCUT2D eigenvalue weighted by Crippen LogP contribution is 2.19. The van der Waals surface area contributed by atoms with Crippen LogP contribution in [0.4, 0.5) is 0 Å². The van der Waals surface area contributed by atoms with Crippen molar-refractivity contribution in [3.63, 3.8) is 0 Å². The van der Waals surface area contributed by atoms with Crippen molar-refractivity contribution in [1.82, 2.24) is 9.97 Å². The third-order valence-electron chi connectivity index (χ3n) is 2.78. The van der Waals surface area contributed by atoms with Gasteiger partial charge in [0.15, 0.2) is 0 Å². The molecule has 1 aromatic heterocycles. The van der Waals surface area contributed by atoms with Crippen LogP contribution in [0.1, 0.15) is 31.3 Å². The SMILES string of the molecule is CC(C)Cc1nc2ccc(C(N)C(=O)O)cc2[nH]1. The maximum Gasteiger partial charge on any atom is 0.325 e. The van der Waals surface area contributed by atoms with Crippen molar-refractivity contribution in [2.75, 3.05) is 0 Å². The summed E-state index contributed by atoms with van der Waals surface area (Å²) in [6.07, 6.45) is 0.870. The fourth-order valence-corrected chi connectivity index (χ4v) is 1.90. The lowest BCUT2D eigenvalue weighted by Crippen LogP contribution is -2.20. The highest BCUT2D eigenvalue weighted by atomic mass is 16.4. The molecule has 5 nitrogen and oxygen atoms in total. The number of aromatic nitrogens is 2. The number of H-pyrrole nitrogens is 1. The van der Waals surface area contributed by atoms with Gasteiger partial charge in [-0.15, -0.1) is 0 Å². The van der Waals surface area contributed by atoms with Crippen LogP contribution in [0.25, 0.3) is 11.0 Å². The number of aliphatic carboxylic acids is 1. The zero-order valence-corrected chi connectivity index (χ0v) is 10.5. The summed E-state index contributed by atoms with van der Waals surface area (Å²) in [6.45, 7) is 4.25. The molecule has 0 saturated carbocycles. The van der Waals surface area contributed by atoms with Gasteiger partial charge in [0.2, 0.25) is 0 Å². The molecule has 4 N–H and O–H groups in total. The van der Waals surface area contributed by atoms with Gasteiger partial charge in [0.05, 0.1) is 11.0 Å². The molecule has 0 saturated heterocycles. The second kappa shape index (κ2) is 4.78. The lowest BCUT2D eigenvalue weighted by Gasteiger charge is -2.05. The molecule has 18 heavy (non-hydrogen) atoms. The van der Waals surface area contributed by atoms with Crippen LogP contribution in [0, 0.1) is 5.92 Å². The van der Waals surface area contributed by atoms with Gasteiger partial charge in [0, 0.05) is 6.42 Å². The number of carboxylic acid groups (broad SMARTS) is 1. The monoisotopic (exact) mass is 247 g/mol. The highest BCUT2D eigenvalue weighted by Gasteiger charge is 2.15. The normalized spacial score (nSPS) is 13.1. The Morgan fingerprint density at radius 3 is 2.83 bits per heavy atom. The lowest BCUT2D eigenvalue weighted by atomic mass is 10.1. The van der Waals surface area contributed by atoms with Crippen LogP contribution < -0.4 is 5.73 Å². The fraction of sp³-hybridized carbons (Fsp3) is 0.385. The minimum absolute atomic E-state index is 0.520. The van der Waals surface area contributed by atoms with Crippen LogP contribution >= 0.6 is 0 Å². The predicted molar refractivity (Wildman–Crippen MR) is 69.2 cm³/mol. The van der Waals surface area contributed by atoms with Crippen molar-refractivity contribution in [2.24, 2.45) is 11.7 Å². The van der Waals surface area contributed by atoms with E-state index in [1.807, 2.05) is 0 Å². The number of fused-ring (bicyclic) bond motifs is 1. The first-order valence-electron chi connectivity index (χ1n) is 5.94. The van der Waals surface area contributed by atoms with E-state index >= 15 is 0 Å². The summed E-state index contributed by atoms with van der Waals surface area (Å²) in [6, 6.07) is 4.27. The van der Waals surface area contributed by atoms with Gasteiger partial charge in [-0.05, 0) is 23.6 Å². The number of rotatable bonds is 4. The minimum Gasteiger partial charge on any atom is -0.480 e. The zero-order valence-electron chi connectivity index (χ0n) is 10.5. The second-order valence-corrected chi connectivity index (χ2v) is 4.87. The van der Waals surface area contributed by atoms with Crippen LogP contribution in [0.15, 0.2) is 18.2 Å². The molecule has 2 rings (SSSR count). The number of imidazole rings is 1. The molecule has 5 heteroatoms. The maximum absolute atomic E-state index is 10.8. The molecule has 1 unspecified atom stereocenters. The van der Waals surface area contributed by atoms with Crippen LogP contribution in [0.2, 0.25) is 0 Å². The molecule has 0 aliphatic carbocycles. The van der Waals surface area contributed by atoms with E-state index in [0.29, 0.717) is 11.5 Å². The summed E-state index contributed by atoms with van der Waals surface area (Å²) in [4.78, 5) is 18.5. The van der Waals surface area contributed by atoms with Gasteiger partial charge in [-0.1, -0.05) is 19.9 Å². The number of hydrogen-bond donors (Lipinski definition) is 3. The van der Waals surface area contributed by atoms with Crippen molar-refractivity contribution in [3.05, 3.63) is 29.6 Å². The van der Waals surface area contributed by atoms with Crippen molar-refractivity contribution >= 4 is 17.0 Å². The molecule has 1 heterocycles. The van der Waals surface area contributed by atoms with E-state index in [-0.39, 0.29) is 0 Å². The number of aromatic amines is 1. The van der Waals surface area contributed by atoms with Crippen molar-refractivity contribution in [2.45, 2.75) is 26.3 Å². The van der Waals surface area contributed by atoms with E-state index in [0.717, 1.165) is 23.3 Å². The van der Waals surface area contributed by atoms with E-state index in [4.69, 9.17) is 10.8 Å². The van der Waals surface area contributed by atoms with E-state index in [1.165, 1.54) is 0 Å². The molecule has 1 aromatic carbocycles. The second-order valence-electron chi connectivity index (χ2n) is 4.87. The topological polar surface area (TPSA) is 92.0 Å². The molecule has 2 aromatic rings. The number of nitrogens with one attached hydrogen (secondary N) is 1. The van der Waals surface area contributed by atoms with Gasteiger partial charge in [-0.3, -0.25) is 4.79 Å². The van der Waals surface area contributed by atoms with Crippen molar-refractivity contribution in [3.8, 4) is 0 Å². The molecular weight excluding hydrogens is 230 g/mol. The number of hydrogen-bond acceptors (Lipinski definition) is 3. The largest absolute Gasteiger partial charge is 0.480 e. The average Bonchev–Trinajstić information content (AvgIpc) is 2.67. The molecule has 0 aliphatic heterocycles. The van der Waals surface area contributed by atoms with Gasteiger partial charge in [0.25, 0.3) is 0 Å². The molecule has 0 amide bonds. The van der Waals surface area contributed by atoms with Crippen LogP contribution in [-0.2, 0) is 11.2 Å². The van der Waals surface area contributed by atoms with Gasteiger partial charge in [-0.2, -0.15) is 0 Å². The predicted octanol–water partition coefficient (Wildman–Crippen LogP) is 1.85. The number of carboxylic acids is 1. The summed E-state index contributed by atoms with van der Waals surface area (Å²) >= 11 is 0. The first-order valence-corrected chi connectivity index (χ1v) is 5.94. The molecule has 0 spiro atoms. The Labute approximate surface area is 105 Å². The van der Waals surface area contributed by atoms with E-state index in [2.05, 4.69) is 23.8 Å². The molecule has 1 atom stereocenters. The Morgan fingerprint density at radius 1 is 1.50 bits per heavy atom. The first-order chi connectivity index (χ1) is 8.47. The molecule has 0 fully saturated rings. The lowest BCUT2D eigenvalue weighted by molar-refractivity contribution is -0.138. The summed E-state index contributed by atoms with van der Waals surface area (Å²) in [5, 5.41) is 8.88. The maximum atomic E-state index is 10.8. The molecule has 0 aliphatic rings. The van der Waals surface area contributed by atoms with Gasteiger partial charge < -0.3 is 15.8 Å². The molecule has 96 valence electrons. The van der Waals surface area contributed by atoms with E-state index in [1.54, 1.807) is 18.2 Å². The molecule has 0 radical (unpaired) electrons. The summed E-state index contributed by atoms with van der Waals surface area (Å²) in [7, 11) is 0. The van der Waals surface area contributed by atoms with Crippen LogP contribution in [0.3, 0.4) is 0 Å². The Kier molecular flexibility index (Phi) is 3.34. The molecular formula is C13H17N3O2. The number of carbonyl (C=O) groups is 1. The first kappa shape index (κ1) is 12.6. The average molecular weight is 247 g/mol. The van der Waals surface area contributed by atoms with Crippen LogP contribution in [0.5, 0.6) is 0 Å². The van der Waals surface area contributed by atoms with E-state index < -0.39 is 12.0 Å². The quantitative estimate of drug-likeness (QED) is 0.768. The Hall–Kier alpha value is -1.88. The minimum atomic E-state index is -1.03. The van der Waals surface area contributed by atoms with Crippen molar-refractivity contribution < 1.29 is 9.90 Å². The summed E-state index contributed by atoms with van der Waals surface area (Å²) in [5.74, 6) is 0.406. The smallest absolute Gasteiger partial charge is 0.325 e. The zero-order chi connectivity index (χ0) is 13.3. The van der Waals surface area contributed by atoms with Gasteiger partial charge in [0.1, 0.15) is 11.9 Å². The number of benzene rings is 1. The summed E-state index contributed by atoms with van der Waals surface area (Å²) < 4.78 is 0.